The van der Waals surface area contributed by atoms with E-state index >= 15 is 0 Å². The van der Waals surface area contributed by atoms with Crippen LogP contribution in [-0.2, 0) is 4.74 Å². The minimum absolute atomic E-state index is 0.844. The SMILES string of the molecule is C=C[CH2][Al].CCOCC. The lowest BCUT2D eigenvalue weighted by atomic mass is 10.8. The molecule has 0 unspecified atom stereocenters. The monoisotopic (exact) mass is 142 g/mol. The molecule has 0 aromatic heterocycles. The molecule has 0 amide bonds. The van der Waals surface area contributed by atoms with Crippen LogP contribution in [0.4, 0.5) is 0 Å². The zero-order chi connectivity index (χ0) is 7.54. The molecule has 0 aromatic carbocycles. The average Bonchev–Trinajstić information content (AvgIpc) is 1.91. The predicted octanol–water partition coefficient (Wildman–Crippen LogP) is 1.80. The van der Waals surface area contributed by atoms with Crippen molar-refractivity contribution in [2.75, 3.05) is 13.2 Å². The molecule has 52 valence electrons. The normalized spacial score (nSPS) is 7.33. The second-order valence-corrected chi connectivity index (χ2v) is 1.78. The molecule has 1 nitrogen and oxygen atoms in total. The highest BCUT2D eigenvalue weighted by Crippen LogP contribution is 1.64. The van der Waals surface area contributed by atoms with E-state index < -0.39 is 0 Å². The molecule has 0 aliphatic carbocycles. The van der Waals surface area contributed by atoms with Crippen LogP contribution in [0.15, 0.2) is 12.7 Å². The van der Waals surface area contributed by atoms with E-state index in [1.165, 1.54) is 0 Å². The third kappa shape index (κ3) is 30.6. The van der Waals surface area contributed by atoms with Gasteiger partial charge < -0.3 is 4.74 Å². The third-order valence-corrected chi connectivity index (χ3v) is 0.908. The van der Waals surface area contributed by atoms with Crippen LogP contribution in [0, 0.1) is 0 Å². The second-order valence-electron chi connectivity index (χ2n) is 1.31. The van der Waals surface area contributed by atoms with Gasteiger partial charge in [-0.1, -0.05) is 0 Å². The van der Waals surface area contributed by atoms with Crippen LogP contribution in [-0.4, -0.2) is 29.5 Å². The fraction of sp³-hybridized carbons (Fsp3) is 0.714. The first kappa shape index (κ1) is 12.0. The second kappa shape index (κ2) is 15.7. The summed E-state index contributed by atoms with van der Waals surface area (Å²) in [6.45, 7) is 9.12. The van der Waals surface area contributed by atoms with Crippen LogP contribution in [0.5, 0.6) is 0 Å². The maximum atomic E-state index is 4.83. The molecule has 0 aliphatic heterocycles. The van der Waals surface area contributed by atoms with Crippen LogP contribution in [0.2, 0.25) is 5.28 Å². The molecule has 0 fully saturated rings. The van der Waals surface area contributed by atoms with Gasteiger partial charge in [-0.25, -0.2) is 0 Å². The molecular formula is C7H15AlO. The van der Waals surface area contributed by atoms with E-state index in [0.717, 1.165) is 18.5 Å². The van der Waals surface area contributed by atoms with Crippen LogP contribution in [0.3, 0.4) is 0 Å². The van der Waals surface area contributed by atoms with Gasteiger partial charge in [0.2, 0.25) is 0 Å². The Morgan fingerprint density at radius 3 is 1.78 bits per heavy atom. The number of hydrogen-bond donors (Lipinski definition) is 0. The van der Waals surface area contributed by atoms with Gasteiger partial charge in [0.05, 0.1) is 0 Å². The largest absolute Gasteiger partial charge is 0.382 e. The molecule has 0 saturated carbocycles. The lowest BCUT2D eigenvalue weighted by Gasteiger charge is -1.86. The molecule has 0 atom stereocenters. The van der Waals surface area contributed by atoms with Crippen molar-refractivity contribution >= 4 is 16.3 Å². The standard InChI is InChI=1S/C4H10O.C3H5.Al/c1-3-5-4-2;1-3-2;/h3-4H2,1-2H3;3H,1-2H2;. The molecule has 9 heavy (non-hydrogen) atoms. The Balaban J connectivity index is 0. The Morgan fingerprint density at radius 1 is 1.44 bits per heavy atom. The van der Waals surface area contributed by atoms with Crippen LogP contribution >= 0.6 is 0 Å². The lowest BCUT2D eigenvalue weighted by Crippen LogP contribution is -1.84. The molecule has 2 heteroatoms. The summed E-state index contributed by atoms with van der Waals surface area (Å²) in [5.41, 5.74) is 0. The van der Waals surface area contributed by atoms with Gasteiger partial charge in [0.25, 0.3) is 0 Å². The van der Waals surface area contributed by atoms with Crippen LogP contribution < -0.4 is 0 Å². The highest BCUT2D eigenvalue weighted by Gasteiger charge is 1.64. The van der Waals surface area contributed by atoms with Crippen molar-refractivity contribution in [3.63, 3.8) is 0 Å². The Morgan fingerprint density at radius 2 is 1.78 bits per heavy atom. The van der Waals surface area contributed by atoms with Crippen molar-refractivity contribution in [3.8, 4) is 0 Å². The van der Waals surface area contributed by atoms with E-state index in [0.29, 0.717) is 0 Å². The molecular weight excluding hydrogens is 127 g/mol. The fourth-order valence-electron chi connectivity index (χ4n) is 0.204. The van der Waals surface area contributed by atoms with E-state index in [9.17, 15) is 0 Å². The first-order chi connectivity index (χ1) is 4.33. The number of ether oxygens (including phenoxy) is 1. The third-order valence-electron chi connectivity index (χ3n) is 0.575. The molecule has 0 aromatic rings. The van der Waals surface area contributed by atoms with Crippen LogP contribution in [0.1, 0.15) is 13.8 Å². The molecule has 0 bridgehead atoms. The quantitative estimate of drug-likeness (QED) is 0.431. The van der Waals surface area contributed by atoms with Gasteiger partial charge in [-0.2, -0.15) is 0 Å². The predicted molar refractivity (Wildman–Crippen MR) is 42.9 cm³/mol. The summed E-state index contributed by atoms with van der Waals surface area (Å²) >= 11 is 2.54. The zero-order valence-corrected chi connectivity index (χ0v) is 7.55. The number of allylic oxidation sites excluding steroid dienone is 1. The van der Waals surface area contributed by atoms with Gasteiger partial charge in [0, 0.05) is 13.2 Å². The molecule has 0 saturated heterocycles. The average molecular weight is 142 g/mol. The topological polar surface area (TPSA) is 9.23 Å². The first-order valence-corrected chi connectivity index (χ1v) is 4.03. The Hall–Kier alpha value is 0.232. The van der Waals surface area contributed by atoms with E-state index in [4.69, 9.17) is 4.74 Å². The number of rotatable bonds is 3. The highest BCUT2D eigenvalue weighted by molar-refractivity contribution is 6.09. The summed E-state index contributed by atoms with van der Waals surface area (Å²) in [5.74, 6) is 0. The van der Waals surface area contributed by atoms with Crippen molar-refractivity contribution in [2.45, 2.75) is 19.1 Å². The summed E-state index contributed by atoms with van der Waals surface area (Å²) in [4.78, 5) is 0. The highest BCUT2D eigenvalue weighted by atomic mass is 27.0. The first-order valence-electron chi connectivity index (χ1n) is 3.22. The van der Waals surface area contributed by atoms with E-state index in [1.807, 2.05) is 19.9 Å². The van der Waals surface area contributed by atoms with Crippen LogP contribution in [0.25, 0.3) is 0 Å². The van der Waals surface area contributed by atoms with Gasteiger partial charge in [0.15, 0.2) is 0 Å². The van der Waals surface area contributed by atoms with Crippen molar-refractivity contribution in [2.24, 2.45) is 0 Å². The van der Waals surface area contributed by atoms with Gasteiger partial charge >= 0.3 is 0 Å². The smallest absolute Gasteiger partial charge is 0.124 e. The maximum Gasteiger partial charge on any atom is 0.124 e. The zero-order valence-electron chi connectivity index (χ0n) is 6.39. The van der Waals surface area contributed by atoms with Crippen molar-refractivity contribution in [1.82, 2.24) is 0 Å². The minimum atomic E-state index is 0.844. The van der Waals surface area contributed by atoms with Crippen molar-refractivity contribution < 1.29 is 4.74 Å². The Bertz CT molecular complexity index is 44.2. The van der Waals surface area contributed by atoms with Gasteiger partial charge in [-0.05, 0) is 13.8 Å². The van der Waals surface area contributed by atoms with Gasteiger partial charge in [-0.3, -0.25) is 0 Å². The van der Waals surface area contributed by atoms with E-state index in [2.05, 4.69) is 22.9 Å². The van der Waals surface area contributed by atoms with E-state index in [1.54, 1.807) is 0 Å². The Labute approximate surface area is 66.5 Å². The maximum absolute atomic E-state index is 4.83. The van der Waals surface area contributed by atoms with E-state index in [-0.39, 0.29) is 0 Å². The van der Waals surface area contributed by atoms with Gasteiger partial charge in [0.1, 0.15) is 16.3 Å². The molecule has 0 heterocycles. The van der Waals surface area contributed by atoms with Gasteiger partial charge in [-0.15, -0.1) is 17.9 Å². The molecule has 0 rings (SSSR count). The summed E-state index contributed by atoms with van der Waals surface area (Å²) in [6.07, 6.45) is 1.84. The molecule has 0 aliphatic rings. The molecule has 2 radical (unpaired) electrons. The van der Waals surface area contributed by atoms with Crippen molar-refractivity contribution in [1.29, 1.82) is 0 Å². The summed E-state index contributed by atoms with van der Waals surface area (Å²) in [5, 5.41) is 1.00. The fourth-order valence-corrected chi connectivity index (χ4v) is 0.204. The summed E-state index contributed by atoms with van der Waals surface area (Å²) in [7, 11) is 0. The number of hydrogen-bond acceptors (Lipinski definition) is 1. The Kier molecular flexibility index (Phi) is 20.9. The molecule has 0 N–H and O–H groups in total. The van der Waals surface area contributed by atoms with Crippen molar-refractivity contribution in [3.05, 3.63) is 12.7 Å². The minimum Gasteiger partial charge on any atom is -0.382 e. The lowest BCUT2D eigenvalue weighted by molar-refractivity contribution is 0.162. The summed E-state index contributed by atoms with van der Waals surface area (Å²) < 4.78 is 4.83. The summed E-state index contributed by atoms with van der Waals surface area (Å²) in [6, 6.07) is 0. The molecule has 0 spiro atoms.